The minimum absolute atomic E-state index is 0.300. The van der Waals surface area contributed by atoms with Crippen LogP contribution in [0.15, 0.2) is 96.5 Å². The SMILES string of the molecule is C=C\C(=C/C(=C\C)C(/C)=C/C=c1/[nH]nc(-c2nc3c(-c4ccc(F)cc4)nccc3[nH]2)c1=C)NC(=C)CN(C)C. The summed E-state index contributed by atoms with van der Waals surface area (Å²) in [6, 6.07) is 8.05. The third kappa shape index (κ3) is 6.42. The Kier molecular flexibility index (Phi) is 8.71. The van der Waals surface area contributed by atoms with Crippen LogP contribution >= 0.6 is 0 Å². The summed E-state index contributed by atoms with van der Waals surface area (Å²) in [5, 5.41) is 12.4. The molecule has 0 aliphatic carbocycles. The maximum atomic E-state index is 13.4. The Morgan fingerprint density at radius 3 is 2.58 bits per heavy atom. The van der Waals surface area contributed by atoms with Crippen LogP contribution in [0.5, 0.6) is 0 Å². The van der Waals surface area contributed by atoms with E-state index in [1.165, 1.54) is 12.1 Å². The minimum atomic E-state index is -0.300. The molecule has 3 N–H and O–H groups in total. The average molecular weight is 536 g/mol. The molecule has 3 heterocycles. The quantitative estimate of drug-likeness (QED) is 0.250. The van der Waals surface area contributed by atoms with Gasteiger partial charge in [0.05, 0.1) is 16.6 Å². The topological polar surface area (TPSA) is 85.5 Å². The molecule has 0 saturated carbocycles. The first-order valence-electron chi connectivity index (χ1n) is 12.8. The number of rotatable bonds is 10. The predicted octanol–water partition coefficient (Wildman–Crippen LogP) is 4.97. The van der Waals surface area contributed by atoms with Crippen molar-refractivity contribution < 1.29 is 4.39 Å². The standard InChI is InChI=1S/C32H34FN7/c1-8-23(18-26(9-2)35-21(4)19-40(6)7)20(3)10-15-27-22(5)29(39-38-27)32-36-28-16-17-34-30(31(28)37-32)24-11-13-25(33)14-12-24/h8-18,35,38H,2,4-5,19H2,1,3,6-7H3,(H,36,37)/b20-10+,23-8+,26-18+,27-15+. The van der Waals surface area contributed by atoms with Crippen molar-refractivity contribution in [3.63, 3.8) is 0 Å². The Morgan fingerprint density at radius 2 is 1.90 bits per heavy atom. The lowest BCUT2D eigenvalue weighted by Crippen LogP contribution is -2.23. The fourth-order valence-electron chi connectivity index (χ4n) is 4.25. The van der Waals surface area contributed by atoms with E-state index >= 15 is 0 Å². The number of pyridine rings is 1. The first kappa shape index (κ1) is 28.2. The van der Waals surface area contributed by atoms with Crippen LogP contribution in [0.4, 0.5) is 4.39 Å². The first-order valence-corrected chi connectivity index (χ1v) is 12.8. The predicted molar refractivity (Wildman–Crippen MR) is 163 cm³/mol. The molecule has 40 heavy (non-hydrogen) atoms. The summed E-state index contributed by atoms with van der Waals surface area (Å²) in [5.74, 6) is 0.274. The van der Waals surface area contributed by atoms with E-state index in [2.05, 4.69) is 50.1 Å². The molecule has 8 heteroatoms. The summed E-state index contributed by atoms with van der Waals surface area (Å²) >= 11 is 0. The van der Waals surface area contributed by atoms with Crippen LogP contribution in [-0.4, -0.2) is 50.7 Å². The van der Waals surface area contributed by atoms with Crippen molar-refractivity contribution in [2.75, 3.05) is 20.6 Å². The number of halogens is 1. The van der Waals surface area contributed by atoms with Crippen LogP contribution in [0.2, 0.25) is 0 Å². The smallest absolute Gasteiger partial charge is 0.159 e. The Labute approximate surface area is 233 Å². The van der Waals surface area contributed by atoms with E-state index < -0.39 is 0 Å². The van der Waals surface area contributed by atoms with E-state index in [9.17, 15) is 4.39 Å². The Hall–Kier alpha value is -4.82. The zero-order chi connectivity index (χ0) is 28.8. The van der Waals surface area contributed by atoms with Crippen molar-refractivity contribution in [1.29, 1.82) is 0 Å². The molecule has 204 valence electrons. The van der Waals surface area contributed by atoms with Gasteiger partial charge in [0.15, 0.2) is 5.82 Å². The highest BCUT2D eigenvalue weighted by Gasteiger charge is 2.14. The fraction of sp³-hybridized carbons (Fsp3) is 0.156. The number of fused-ring (bicyclic) bond motifs is 1. The van der Waals surface area contributed by atoms with E-state index in [1.54, 1.807) is 24.4 Å². The molecule has 0 aliphatic heterocycles. The van der Waals surface area contributed by atoms with Gasteiger partial charge in [-0.3, -0.25) is 10.1 Å². The molecule has 7 nitrogen and oxygen atoms in total. The minimum Gasteiger partial charge on any atom is -0.358 e. The second-order valence-electron chi connectivity index (χ2n) is 9.64. The number of allylic oxidation sites excluding steroid dienone is 6. The molecular formula is C32H34FN7. The second kappa shape index (κ2) is 12.4. The maximum absolute atomic E-state index is 13.4. The molecule has 1 aromatic carbocycles. The number of nitrogens with zero attached hydrogens (tertiary/aromatic N) is 4. The number of likely N-dealkylation sites (N-methyl/N-ethyl adjacent to an activating group) is 1. The highest BCUT2D eigenvalue weighted by Crippen LogP contribution is 2.26. The Bertz CT molecular complexity index is 1750. The van der Waals surface area contributed by atoms with Crippen molar-refractivity contribution in [3.8, 4) is 22.8 Å². The summed E-state index contributed by atoms with van der Waals surface area (Å²) < 4.78 is 13.4. The number of benzene rings is 1. The van der Waals surface area contributed by atoms with Gasteiger partial charge in [-0.1, -0.05) is 31.9 Å². The lowest BCUT2D eigenvalue weighted by atomic mass is 10.1. The number of imidazole rings is 1. The Morgan fingerprint density at radius 1 is 1.15 bits per heavy atom. The molecule has 0 aliphatic rings. The number of H-pyrrole nitrogens is 2. The number of aromatic amines is 2. The third-order valence-electron chi connectivity index (χ3n) is 6.27. The molecule has 0 saturated heterocycles. The van der Waals surface area contributed by atoms with E-state index in [4.69, 9.17) is 4.98 Å². The zero-order valence-electron chi connectivity index (χ0n) is 23.3. The van der Waals surface area contributed by atoms with Gasteiger partial charge in [0.2, 0.25) is 0 Å². The fourth-order valence-corrected chi connectivity index (χ4v) is 4.25. The second-order valence-corrected chi connectivity index (χ2v) is 9.64. The van der Waals surface area contributed by atoms with Crippen LogP contribution in [0.3, 0.4) is 0 Å². The number of aromatic nitrogens is 5. The van der Waals surface area contributed by atoms with Crippen molar-refractivity contribution in [3.05, 3.63) is 113 Å². The summed E-state index contributed by atoms with van der Waals surface area (Å²) in [6.45, 7) is 17.0. The summed E-state index contributed by atoms with van der Waals surface area (Å²) in [4.78, 5) is 14.6. The van der Waals surface area contributed by atoms with E-state index in [0.717, 1.165) is 45.5 Å². The number of hydrogen-bond donors (Lipinski definition) is 3. The van der Waals surface area contributed by atoms with Crippen LogP contribution in [0.1, 0.15) is 13.8 Å². The Balaban J connectivity index is 1.62. The maximum Gasteiger partial charge on any atom is 0.159 e. The third-order valence-corrected chi connectivity index (χ3v) is 6.27. The van der Waals surface area contributed by atoms with Crippen LogP contribution in [0.25, 0.3) is 46.5 Å². The van der Waals surface area contributed by atoms with Gasteiger partial charge in [-0.2, -0.15) is 5.10 Å². The molecule has 0 amide bonds. The molecule has 4 rings (SSSR count). The van der Waals surface area contributed by atoms with Crippen molar-refractivity contribution >= 4 is 23.7 Å². The largest absolute Gasteiger partial charge is 0.358 e. The monoisotopic (exact) mass is 535 g/mol. The van der Waals surface area contributed by atoms with Gasteiger partial charge in [0.25, 0.3) is 0 Å². The lowest BCUT2D eigenvalue weighted by molar-refractivity contribution is 0.438. The summed E-state index contributed by atoms with van der Waals surface area (Å²) in [7, 11) is 4.00. The zero-order valence-corrected chi connectivity index (χ0v) is 23.3. The molecule has 3 aromatic heterocycles. The van der Waals surface area contributed by atoms with Crippen LogP contribution in [0, 0.1) is 5.82 Å². The highest BCUT2D eigenvalue weighted by molar-refractivity contribution is 5.91. The normalized spacial score (nSPS) is 13.3. The van der Waals surface area contributed by atoms with Crippen LogP contribution in [-0.2, 0) is 0 Å². The van der Waals surface area contributed by atoms with E-state index in [0.29, 0.717) is 27.9 Å². The summed E-state index contributed by atoms with van der Waals surface area (Å²) in [5.41, 5.74) is 7.39. The molecule has 0 atom stereocenters. The molecule has 4 aromatic rings. The van der Waals surface area contributed by atoms with E-state index in [-0.39, 0.29) is 5.82 Å². The van der Waals surface area contributed by atoms with Crippen molar-refractivity contribution in [2.24, 2.45) is 0 Å². The molecule has 0 spiro atoms. The number of hydrogen-bond acceptors (Lipinski definition) is 5. The van der Waals surface area contributed by atoms with Gasteiger partial charge >= 0.3 is 0 Å². The molecule has 0 bridgehead atoms. The molecule has 0 fully saturated rings. The van der Waals surface area contributed by atoms with Crippen molar-refractivity contribution in [1.82, 2.24) is 35.4 Å². The number of nitrogens with one attached hydrogen (secondary N) is 3. The van der Waals surface area contributed by atoms with Gasteiger partial charge < -0.3 is 15.2 Å². The highest BCUT2D eigenvalue weighted by atomic mass is 19.1. The van der Waals surface area contributed by atoms with E-state index in [1.807, 2.05) is 58.3 Å². The molecule has 0 radical (unpaired) electrons. The van der Waals surface area contributed by atoms with Gasteiger partial charge in [-0.15, -0.1) is 0 Å². The molecular weight excluding hydrogens is 501 g/mol. The molecule has 0 unspecified atom stereocenters. The first-order chi connectivity index (χ1) is 19.2. The van der Waals surface area contributed by atoms with Gasteiger partial charge in [0, 0.05) is 34.9 Å². The lowest BCUT2D eigenvalue weighted by Gasteiger charge is -2.15. The summed E-state index contributed by atoms with van der Waals surface area (Å²) in [6.07, 6.45) is 11.5. The van der Waals surface area contributed by atoms with Gasteiger partial charge in [0.1, 0.15) is 17.0 Å². The van der Waals surface area contributed by atoms with Crippen LogP contribution < -0.4 is 15.9 Å². The van der Waals surface area contributed by atoms with Gasteiger partial charge in [-0.05, 0) is 87.6 Å². The average Bonchev–Trinajstić information content (AvgIpc) is 3.52. The van der Waals surface area contributed by atoms with Crippen molar-refractivity contribution in [2.45, 2.75) is 13.8 Å². The van der Waals surface area contributed by atoms with Gasteiger partial charge in [-0.25, -0.2) is 9.37 Å².